The molecule has 0 aliphatic rings. The Kier molecular flexibility index (Phi) is 6.23. The molecule has 0 saturated carbocycles. The average molecular weight is 471 g/mol. The summed E-state index contributed by atoms with van der Waals surface area (Å²) in [6.45, 7) is 1.98. The first-order valence-corrected chi connectivity index (χ1v) is 11.4. The van der Waals surface area contributed by atoms with Gasteiger partial charge in [-0.05, 0) is 37.3 Å². The minimum Gasteiger partial charge on any atom is -0.467 e. The van der Waals surface area contributed by atoms with E-state index in [4.69, 9.17) is 16.0 Å². The molecule has 0 aliphatic heterocycles. The van der Waals surface area contributed by atoms with Gasteiger partial charge in [0.2, 0.25) is 0 Å². The number of thioether (sulfide) groups is 1. The first-order chi connectivity index (χ1) is 15.0. The second-order valence-corrected chi connectivity index (χ2v) is 8.94. The van der Waals surface area contributed by atoms with Crippen LogP contribution in [0.1, 0.15) is 22.4 Å². The number of nitriles is 1. The van der Waals surface area contributed by atoms with Crippen LogP contribution in [0.25, 0.3) is 10.9 Å². The number of benzene rings is 1. The molecule has 0 spiro atoms. The maximum absolute atomic E-state index is 13.1. The van der Waals surface area contributed by atoms with E-state index < -0.39 is 5.92 Å². The van der Waals surface area contributed by atoms with E-state index in [1.54, 1.807) is 35.7 Å². The summed E-state index contributed by atoms with van der Waals surface area (Å²) in [4.78, 5) is 34.7. The molecule has 156 valence electrons. The van der Waals surface area contributed by atoms with Gasteiger partial charge in [0.25, 0.3) is 5.56 Å². The van der Waals surface area contributed by atoms with Crippen molar-refractivity contribution in [1.29, 1.82) is 5.26 Å². The molecule has 7 nitrogen and oxygen atoms in total. The molecule has 0 radical (unpaired) electrons. The molecule has 1 atom stereocenters. The van der Waals surface area contributed by atoms with Crippen LogP contribution in [0.15, 0.2) is 56.3 Å². The van der Waals surface area contributed by atoms with Gasteiger partial charge < -0.3 is 4.42 Å². The van der Waals surface area contributed by atoms with Crippen molar-refractivity contribution >= 4 is 51.4 Å². The fourth-order valence-corrected chi connectivity index (χ4v) is 4.90. The van der Waals surface area contributed by atoms with Crippen LogP contribution in [0.5, 0.6) is 0 Å². The van der Waals surface area contributed by atoms with Crippen molar-refractivity contribution in [3.05, 3.63) is 73.8 Å². The zero-order valence-corrected chi connectivity index (χ0v) is 18.6. The van der Waals surface area contributed by atoms with Crippen molar-refractivity contribution < 1.29 is 9.21 Å². The maximum atomic E-state index is 13.1. The van der Waals surface area contributed by atoms with Crippen LogP contribution in [0.3, 0.4) is 0 Å². The van der Waals surface area contributed by atoms with Crippen LogP contribution in [0.2, 0.25) is 5.02 Å². The van der Waals surface area contributed by atoms with E-state index in [0.29, 0.717) is 31.8 Å². The lowest BCUT2D eigenvalue weighted by Gasteiger charge is -2.12. The Labute approximate surface area is 190 Å². The molecule has 4 rings (SSSR count). The standard InChI is InChI=1S/C21H15ClN4O3S2/c1-12-10-30-19(24-12)16(8-23)18(27)11-31-21-25-17-7-13(22)4-5-15(17)20(28)26(21)9-14-3-2-6-29-14/h2-7,10,16H,9,11H2,1H3/t16-/m0/s1. The van der Waals surface area contributed by atoms with Crippen LogP contribution in [-0.2, 0) is 11.3 Å². The molecular weight excluding hydrogens is 456 g/mol. The molecule has 0 N–H and O–H groups in total. The lowest BCUT2D eigenvalue weighted by Crippen LogP contribution is -2.24. The maximum Gasteiger partial charge on any atom is 0.262 e. The first kappa shape index (κ1) is 21.3. The van der Waals surface area contributed by atoms with Gasteiger partial charge in [0.05, 0.1) is 35.5 Å². The van der Waals surface area contributed by atoms with Gasteiger partial charge in [-0.1, -0.05) is 23.4 Å². The number of hydrogen-bond donors (Lipinski definition) is 0. The van der Waals surface area contributed by atoms with Crippen LogP contribution < -0.4 is 5.56 Å². The Morgan fingerprint density at radius 3 is 2.90 bits per heavy atom. The zero-order chi connectivity index (χ0) is 22.0. The van der Waals surface area contributed by atoms with Crippen LogP contribution in [-0.4, -0.2) is 26.1 Å². The van der Waals surface area contributed by atoms with Crippen LogP contribution in [0.4, 0.5) is 0 Å². The molecule has 3 aromatic heterocycles. The number of halogens is 1. The predicted octanol–water partition coefficient (Wildman–Crippen LogP) is 4.42. The monoisotopic (exact) mass is 470 g/mol. The highest BCUT2D eigenvalue weighted by molar-refractivity contribution is 7.99. The summed E-state index contributed by atoms with van der Waals surface area (Å²) in [7, 11) is 0. The minimum absolute atomic E-state index is 0.0342. The Morgan fingerprint density at radius 1 is 1.39 bits per heavy atom. The Bertz CT molecular complexity index is 1360. The number of nitrogens with zero attached hydrogens (tertiary/aromatic N) is 4. The smallest absolute Gasteiger partial charge is 0.262 e. The third-order valence-electron chi connectivity index (χ3n) is 4.45. The number of thiazole rings is 1. The molecule has 3 heterocycles. The second kappa shape index (κ2) is 9.06. The number of carbonyl (C=O) groups excluding carboxylic acids is 1. The summed E-state index contributed by atoms with van der Waals surface area (Å²) in [6, 6.07) is 10.4. The largest absolute Gasteiger partial charge is 0.467 e. The Hall–Kier alpha value is -2.93. The fraction of sp³-hybridized carbons (Fsp3) is 0.190. The predicted molar refractivity (Wildman–Crippen MR) is 120 cm³/mol. The highest BCUT2D eigenvalue weighted by Gasteiger charge is 2.24. The molecule has 0 fully saturated rings. The van der Waals surface area contributed by atoms with Crippen LogP contribution in [0, 0.1) is 18.3 Å². The highest BCUT2D eigenvalue weighted by Crippen LogP contribution is 2.26. The van der Waals surface area contributed by atoms with Gasteiger partial charge in [0.1, 0.15) is 10.8 Å². The van der Waals surface area contributed by atoms with Crippen molar-refractivity contribution in [2.24, 2.45) is 0 Å². The van der Waals surface area contributed by atoms with Crippen molar-refractivity contribution in [1.82, 2.24) is 14.5 Å². The molecule has 31 heavy (non-hydrogen) atoms. The number of rotatable bonds is 7. The lowest BCUT2D eigenvalue weighted by atomic mass is 10.1. The Balaban J connectivity index is 1.67. The summed E-state index contributed by atoms with van der Waals surface area (Å²) >= 11 is 8.45. The van der Waals surface area contributed by atoms with E-state index in [1.165, 1.54) is 22.2 Å². The number of carbonyl (C=O) groups is 1. The van der Waals surface area contributed by atoms with Crippen LogP contribution >= 0.6 is 34.7 Å². The highest BCUT2D eigenvalue weighted by atomic mass is 35.5. The van der Waals surface area contributed by atoms with Gasteiger partial charge in [-0.25, -0.2) is 9.97 Å². The lowest BCUT2D eigenvalue weighted by molar-refractivity contribution is -0.116. The molecule has 0 bridgehead atoms. The third kappa shape index (κ3) is 4.56. The van der Waals surface area contributed by atoms with E-state index in [-0.39, 0.29) is 23.6 Å². The van der Waals surface area contributed by atoms with Gasteiger partial charge in [-0.2, -0.15) is 5.26 Å². The average Bonchev–Trinajstić information content (AvgIpc) is 3.41. The summed E-state index contributed by atoms with van der Waals surface area (Å²) in [6.07, 6.45) is 1.53. The van der Waals surface area contributed by atoms with Crippen molar-refractivity contribution in [3.63, 3.8) is 0 Å². The van der Waals surface area contributed by atoms with Crippen molar-refractivity contribution in [3.8, 4) is 6.07 Å². The number of hydrogen-bond acceptors (Lipinski definition) is 8. The summed E-state index contributed by atoms with van der Waals surface area (Å²) < 4.78 is 6.85. The number of ketones is 1. The number of aryl methyl sites for hydroxylation is 1. The van der Waals surface area contributed by atoms with E-state index in [9.17, 15) is 14.9 Å². The molecule has 0 saturated heterocycles. The van der Waals surface area contributed by atoms with E-state index in [1.807, 2.05) is 13.0 Å². The minimum atomic E-state index is -0.952. The van der Waals surface area contributed by atoms with Gasteiger partial charge in [0.15, 0.2) is 16.9 Å². The first-order valence-electron chi connectivity index (χ1n) is 9.16. The number of aromatic nitrogens is 3. The van der Waals surface area contributed by atoms with Gasteiger partial charge in [0, 0.05) is 16.1 Å². The summed E-state index contributed by atoms with van der Waals surface area (Å²) in [5.41, 5.74) is 0.942. The topological polar surface area (TPSA) is 102 Å². The molecule has 0 amide bonds. The van der Waals surface area contributed by atoms with Gasteiger partial charge >= 0.3 is 0 Å². The van der Waals surface area contributed by atoms with Gasteiger partial charge in [-0.3, -0.25) is 14.2 Å². The number of fused-ring (bicyclic) bond motifs is 1. The molecule has 0 aliphatic carbocycles. The Morgan fingerprint density at radius 2 is 2.23 bits per heavy atom. The summed E-state index contributed by atoms with van der Waals surface area (Å²) in [5, 5.41) is 13.0. The summed E-state index contributed by atoms with van der Waals surface area (Å²) in [5.74, 6) is -0.704. The molecule has 10 heteroatoms. The zero-order valence-electron chi connectivity index (χ0n) is 16.2. The molecular formula is C21H15ClN4O3S2. The quantitative estimate of drug-likeness (QED) is 0.291. The molecule has 0 unspecified atom stereocenters. The third-order valence-corrected chi connectivity index (χ3v) is 6.72. The number of Topliss-reactive ketones (excluding diaryl/α,β-unsaturated/α-hetero) is 1. The van der Waals surface area contributed by atoms with E-state index >= 15 is 0 Å². The van der Waals surface area contributed by atoms with Crippen molar-refractivity contribution in [2.75, 3.05) is 5.75 Å². The SMILES string of the molecule is Cc1csc([C@@H](C#N)C(=O)CSc2nc3cc(Cl)ccc3c(=O)n2Cc2ccco2)n1. The van der Waals surface area contributed by atoms with Gasteiger partial charge in [-0.15, -0.1) is 11.3 Å². The molecule has 4 aromatic rings. The second-order valence-electron chi connectivity index (χ2n) is 6.67. The fourth-order valence-electron chi connectivity index (χ4n) is 2.97. The normalized spacial score (nSPS) is 12.0. The van der Waals surface area contributed by atoms with E-state index in [0.717, 1.165) is 17.5 Å². The van der Waals surface area contributed by atoms with E-state index in [2.05, 4.69) is 9.97 Å². The number of furan rings is 1. The van der Waals surface area contributed by atoms with Crippen molar-refractivity contribution in [2.45, 2.75) is 24.5 Å². The molecule has 1 aromatic carbocycles.